The van der Waals surface area contributed by atoms with E-state index in [1.165, 1.54) is 6.08 Å². The molecule has 0 unspecified atom stereocenters. The summed E-state index contributed by atoms with van der Waals surface area (Å²) in [6.45, 7) is 6.06. The number of benzene rings is 4. The van der Waals surface area contributed by atoms with Crippen LogP contribution in [0, 0.1) is 20.8 Å². The predicted molar refractivity (Wildman–Crippen MR) is 144 cm³/mol. The number of hydrogen-bond acceptors (Lipinski definition) is 4. The van der Waals surface area contributed by atoms with Crippen molar-refractivity contribution < 1.29 is 19.1 Å². The standard InChI is InChI=1S/C31H26N2O4/c1-19-12-13-21(3)27(16-19)33-30(35)25(29(34)32-31(33)36)17-23-9-5-7-11-28(23)37-18-26-20(2)14-15-22-8-4-6-10-24(22)26/h4-17H,18H2,1-3H3,(H,32,34,36)/b25-17+. The van der Waals surface area contributed by atoms with Crippen LogP contribution in [-0.4, -0.2) is 17.8 Å². The Kier molecular flexibility index (Phi) is 6.32. The van der Waals surface area contributed by atoms with Crippen molar-refractivity contribution in [1.29, 1.82) is 0 Å². The molecule has 0 saturated carbocycles. The van der Waals surface area contributed by atoms with Crippen LogP contribution < -0.4 is 15.0 Å². The number of nitrogens with one attached hydrogen (secondary N) is 1. The lowest BCUT2D eigenvalue weighted by Gasteiger charge is -2.28. The number of imide groups is 2. The van der Waals surface area contributed by atoms with E-state index in [9.17, 15) is 14.4 Å². The zero-order valence-electron chi connectivity index (χ0n) is 20.9. The van der Waals surface area contributed by atoms with E-state index in [1.807, 2.05) is 51.1 Å². The highest BCUT2D eigenvalue weighted by molar-refractivity contribution is 6.39. The van der Waals surface area contributed by atoms with E-state index >= 15 is 0 Å². The minimum atomic E-state index is -0.767. The van der Waals surface area contributed by atoms with E-state index in [1.54, 1.807) is 24.3 Å². The Morgan fingerprint density at radius 2 is 1.57 bits per heavy atom. The molecule has 37 heavy (non-hydrogen) atoms. The smallest absolute Gasteiger partial charge is 0.335 e. The van der Waals surface area contributed by atoms with Gasteiger partial charge in [0.25, 0.3) is 11.8 Å². The molecule has 6 heteroatoms. The molecule has 0 aromatic heterocycles. The van der Waals surface area contributed by atoms with Gasteiger partial charge in [0.05, 0.1) is 5.69 Å². The van der Waals surface area contributed by atoms with Crippen molar-refractivity contribution in [3.63, 3.8) is 0 Å². The molecule has 6 nitrogen and oxygen atoms in total. The fourth-order valence-corrected chi connectivity index (χ4v) is 4.51. The van der Waals surface area contributed by atoms with Crippen molar-refractivity contribution in [2.24, 2.45) is 0 Å². The molecule has 1 aliphatic heterocycles. The summed E-state index contributed by atoms with van der Waals surface area (Å²) in [5, 5.41) is 4.54. The number of amides is 4. The topological polar surface area (TPSA) is 75.7 Å². The highest BCUT2D eigenvalue weighted by Crippen LogP contribution is 2.29. The van der Waals surface area contributed by atoms with Crippen molar-refractivity contribution in [2.45, 2.75) is 27.4 Å². The average Bonchev–Trinajstić information content (AvgIpc) is 2.88. The molecule has 1 N–H and O–H groups in total. The Balaban J connectivity index is 1.49. The maximum atomic E-state index is 13.4. The molecular formula is C31H26N2O4. The Morgan fingerprint density at radius 1 is 0.838 bits per heavy atom. The Hall–Kier alpha value is -4.71. The van der Waals surface area contributed by atoms with Crippen LogP contribution in [0.3, 0.4) is 0 Å². The highest BCUT2D eigenvalue weighted by Gasteiger charge is 2.37. The van der Waals surface area contributed by atoms with Gasteiger partial charge in [-0.3, -0.25) is 14.9 Å². The molecule has 0 atom stereocenters. The summed E-state index contributed by atoms with van der Waals surface area (Å²) in [6, 6.07) is 24.2. The number of ether oxygens (including phenoxy) is 1. The van der Waals surface area contributed by atoms with Gasteiger partial charge in [-0.15, -0.1) is 0 Å². The fraction of sp³-hybridized carbons (Fsp3) is 0.129. The molecule has 4 amide bonds. The lowest BCUT2D eigenvalue weighted by atomic mass is 10.0. The molecule has 4 aromatic rings. The molecule has 0 bridgehead atoms. The van der Waals surface area contributed by atoms with Crippen LogP contribution in [0.4, 0.5) is 10.5 Å². The number of anilines is 1. The number of fused-ring (bicyclic) bond motifs is 1. The third-order valence-corrected chi connectivity index (χ3v) is 6.57. The minimum absolute atomic E-state index is 0.141. The molecule has 0 spiro atoms. The number of carbonyl (C=O) groups is 3. The normalized spacial score (nSPS) is 14.8. The Bertz CT molecular complexity index is 1600. The van der Waals surface area contributed by atoms with Crippen LogP contribution in [0.15, 0.2) is 84.4 Å². The SMILES string of the molecule is Cc1ccc(C)c(N2C(=O)NC(=O)/C(=C\c3ccccc3OCc3c(C)ccc4ccccc34)C2=O)c1. The second kappa shape index (κ2) is 9.74. The fourth-order valence-electron chi connectivity index (χ4n) is 4.51. The first-order valence-corrected chi connectivity index (χ1v) is 12.0. The Labute approximate surface area is 215 Å². The summed E-state index contributed by atoms with van der Waals surface area (Å²) in [5.41, 5.74) is 4.68. The zero-order chi connectivity index (χ0) is 26.1. The maximum Gasteiger partial charge on any atom is 0.335 e. The van der Waals surface area contributed by atoms with E-state index in [4.69, 9.17) is 4.74 Å². The first-order chi connectivity index (χ1) is 17.8. The van der Waals surface area contributed by atoms with Crippen molar-refractivity contribution in [3.8, 4) is 5.75 Å². The lowest BCUT2D eigenvalue weighted by molar-refractivity contribution is -0.122. The second-order valence-electron chi connectivity index (χ2n) is 9.16. The molecule has 1 fully saturated rings. The number of hydrogen-bond donors (Lipinski definition) is 1. The van der Waals surface area contributed by atoms with E-state index in [0.29, 0.717) is 23.6 Å². The van der Waals surface area contributed by atoms with Crippen molar-refractivity contribution in [1.82, 2.24) is 5.32 Å². The molecule has 1 saturated heterocycles. The molecule has 4 aromatic carbocycles. The summed E-state index contributed by atoms with van der Waals surface area (Å²) in [5.74, 6) is -0.892. The molecule has 5 rings (SSSR count). The largest absolute Gasteiger partial charge is 0.488 e. The number of nitrogens with zero attached hydrogens (tertiary/aromatic N) is 1. The van der Waals surface area contributed by atoms with Gasteiger partial charge in [0.2, 0.25) is 0 Å². The van der Waals surface area contributed by atoms with E-state index in [0.717, 1.165) is 37.9 Å². The minimum Gasteiger partial charge on any atom is -0.488 e. The number of rotatable bonds is 5. The number of barbiturate groups is 1. The van der Waals surface area contributed by atoms with Crippen LogP contribution in [0.2, 0.25) is 0 Å². The van der Waals surface area contributed by atoms with Gasteiger partial charge in [0.15, 0.2) is 0 Å². The van der Waals surface area contributed by atoms with Gasteiger partial charge >= 0.3 is 6.03 Å². The first kappa shape index (κ1) is 24.0. The third-order valence-electron chi connectivity index (χ3n) is 6.57. The summed E-state index contributed by atoms with van der Waals surface area (Å²) in [4.78, 5) is 39.8. The molecular weight excluding hydrogens is 464 g/mol. The lowest BCUT2D eigenvalue weighted by Crippen LogP contribution is -2.54. The van der Waals surface area contributed by atoms with Gasteiger partial charge in [-0.05, 0) is 66.4 Å². The second-order valence-corrected chi connectivity index (χ2v) is 9.16. The van der Waals surface area contributed by atoms with Crippen LogP contribution in [0.1, 0.15) is 27.8 Å². The first-order valence-electron chi connectivity index (χ1n) is 12.0. The predicted octanol–water partition coefficient (Wildman–Crippen LogP) is 6.01. The third kappa shape index (κ3) is 4.61. The molecule has 184 valence electrons. The van der Waals surface area contributed by atoms with E-state index in [2.05, 4.69) is 29.6 Å². The van der Waals surface area contributed by atoms with Crippen molar-refractivity contribution in [2.75, 3.05) is 4.90 Å². The Morgan fingerprint density at radius 3 is 2.41 bits per heavy atom. The summed E-state index contributed by atoms with van der Waals surface area (Å²) in [6.07, 6.45) is 1.48. The molecule has 0 radical (unpaired) electrons. The maximum absolute atomic E-state index is 13.4. The van der Waals surface area contributed by atoms with Crippen LogP contribution in [0.25, 0.3) is 16.8 Å². The van der Waals surface area contributed by atoms with Crippen molar-refractivity contribution in [3.05, 3.63) is 112 Å². The highest BCUT2D eigenvalue weighted by atomic mass is 16.5. The van der Waals surface area contributed by atoms with E-state index in [-0.39, 0.29) is 5.57 Å². The monoisotopic (exact) mass is 490 g/mol. The zero-order valence-corrected chi connectivity index (χ0v) is 20.9. The number of para-hydroxylation sites is 1. The molecule has 1 aliphatic rings. The van der Waals surface area contributed by atoms with Gasteiger partial charge in [-0.25, -0.2) is 9.69 Å². The quantitative estimate of drug-likeness (QED) is 0.275. The summed E-state index contributed by atoms with van der Waals surface area (Å²) < 4.78 is 6.22. The van der Waals surface area contributed by atoms with Crippen LogP contribution in [-0.2, 0) is 16.2 Å². The van der Waals surface area contributed by atoms with Gasteiger partial charge in [0, 0.05) is 11.1 Å². The summed E-state index contributed by atoms with van der Waals surface area (Å²) >= 11 is 0. The van der Waals surface area contributed by atoms with Crippen LogP contribution in [0.5, 0.6) is 5.75 Å². The molecule has 1 heterocycles. The van der Waals surface area contributed by atoms with Crippen molar-refractivity contribution >= 4 is 40.4 Å². The summed E-state index contributed by atoms with van der Waals surface area (Å²) in [7, 11) is 0. The van der Waals surface area contributed by atoms with Crippen LogP contribution >= 0.6 is 0 Å². The number of urea groups is 1. The van der Waals surface area contributed by atoms with E-state index < -0.39 is 17.8 Å². The molecule has 0 aliphatic carbocycles. The van der Waals surface area contributed by atoms with Gasteiger partial charge < -0.3 is 4.74 Å². The average molecular weight is 491 g/mol. The van der Waals surface area contributed by atoms with Gasteiger partial charge in [0.1, 0.15) is 17.9 Å². The number of carbonyl (C=O) groups excluding carboxylic acids is 3. The van der Waals surface area contributed by atoms with Gasteiger partial charge in [-0.2, -0.15) is 0 Å². The number of aryl methyl sites for hydroxylation is 3. The van der Waals surface area contributed by atoms with Gasteiger partial charge in [-0.1, -0.05) is 66.7 Å².